The lowest BCUT2D eigenvalue weighted by Crippen LogP contribution is -2.51. The maximum atomic E-state index is 11.1. The topological polar surface area (TPSA) is 75.3 Å². The summed E-state index contributed by atoms with van der Waals surface area (Å²) in [5.74, 6) is -1.47. The average Bonchev–Trinajstić information content (AvgIpc) is 2.08. The number of carbonyl (C=O) groups is 3. The number of amides is 2. The highest BCUT2D eigenvalue weighted by Crippen LogP contribution is 2.02. The van der Waals surface area contributed by atoms with Gasteiger partial charge in [0.15, 0.2) is 0 Å². The molecule has 0 aromatic rings. The summed E-state index contributed by atoms with van der Waals surface area (Å²) < 4.78 is 0. The van der Waals surface area contributed by atoms with Crippen molar-refractivity contribution >= 4 is 17.6 Å². The SMILES string of the molecule is CC(=O)C(=O)NC1CCCNC1=O. The largest absolute Gasteiger partial charge is 0.354 e. The molecule has 72 valence electrons. The van der Waals surface area contributed by atoms with Gasteiger partial charge in [-0.05, 0) is 12.8 Å². The van der Waals surface area contributed by atoms with Gasteiger partial charge >= 0.3 is 0 Å². The van der Waals surface area contributed by atoms with Gasteiger partial charge in [0.2, 0.25) is 11.7 Å². The molecule has 0 spiro atoms. The summed E-state index contributed by atoms with van der Waals surface area (Å²) in [6.45, 7) is 1.82. The third kappa shape index (κ3) is 2.54. The van der Waals surface area contributed by atoms with E-state index in [9.17, 15) is 14.4 Å². The van der Waals surface area contributed by atoms with E-state index in [1.165, 1.54) is 6.92 Å². The second kappa shape index (κ2) is 4.02. The van der Waals surface area contributed by atoms with E-state index >= 15 is 0 Å². The molecule has 1 rings (SSSR count). The number of nitrogens with one attached hydrogen (secondary N) is 2. The number of hydrogen-bond donors (Lipinski definition) is 2. The lowest BCUT2D eigenvalue weighted by Gasteiger charge is -2.21. The summed E-state index contributed by atoms with van der Waals surface area (Å²) >= 11 is 0. The molecule has 0 aliphatic carbocycles. The Bertz CT molecular complexity index is 250. The maximum Gasteiger partial charge on any atom is 0.287 e. The van der Waals surface area contributed by atoms with E-state index in [-0.39, 0.29) is 5.91 Å². The summed E-state index contributed by atoms with van der Waals surface area (Å²) in [4.78, 5) is 32.6. The molecule has 5 nitrogen and oxygen atoms in total. The first-order chi connectivity index (χ1) is 6.11. The van der Waals surface area contributed by atoms with Gasteiger partial charge in [-0.15, -0.1) is 0 Å². The number of hydrogen-bond acceptors (Lipinski definition) is 3. The van der Waals surface area contributed by atoms with Crippen LogP contribution in [0.5, 0.6) is 0 Å². The van der Waals surface area contributed by atoms with Crippen LogP contribution in [-0.2, 0) is 14.4 Å². The van der Waals surface area contributed by atoms with Crippen LogP contribution in [-0.4, -0.2) is 30.2 Å². The van der Waals surface area contributed by atoms with Crippen molar-refractivity contribution in [2.75, 3.05) is 6.54 Å². The fraction of sp³-hybridized carbons (Fsp3) is 0.625. The fourth-order valence-corrected chi connectivity index (χ4v) is 1.17. The van der Waals surface area contributed by atoms with Crippen molar-refractivity contribution in [1.82, 2.24) is 10.6 Å². The monoisotopic (exact) mass is 184 g/mol. The first-order valence-electron chi connectivity index (χ1n) is 4.20. The van der Waals surface area contributed by atoms with Gasteiger partial charge in [-0.2, -0.15) is 0 Å². The van der Waals surface area contributed by atoms with Gasteiger partial charge in [0.05, 0.1) is 0 Å². The molecule has 0 saturated carbocycles. The minimum absolute atomic E-state index is 0.208. The van der Waals surface area contributed by atoms with Gasteiger partial charge in [0.1, 0.15) is 6.04 Å². The molecule has 5 heteroatoms. The second-order valence-corrected chi connectivity index (χ2v) is 3.02. The molecule has 13 heavy (non-hydrogen) atoms. The molecule has 1 heterocycles. The van der Waals surface area contributed by atoms with Crippen LogP contribution < -0.4 is 10.6 Å². The molecule has 1 fully saturated rings. The Morgan fingerprint density at radius 2 is 2.23 bits per heavy atom. The summed E-state index contributed by atoms with van der Waals surface area (Å²) in [7, 11) is 0. The normalized spacial score (nSPS) is 21.9. The molecular formula is C8H12N2O3. The molecule has 2 N–H and O–H groups in total. The number of carbonyl (C=O) groups excluding carboxylic acids is 3. The van der Waals surface area contributed by atoms with Crippen LogP contribution in [0.1, 0.15) is 19.8 Å². The Balaban J connectivity index is 2.47. The van der Waals surface area contributed by atoms with Crippen molar-refractivity contribution in [3.8, 4) is 0 Å². The zero-order valence-electron chi connectivity index (χ0n) is 7.42. The average molecular weight is 184 g/mol. The first-order valence-corrected chi connectivity index (χ1v) is 4.20. The van der Waals surface area contributed by atoms with Gasteiger partial charge < -0.3 is 10.6 Å². The Morgan fingerprint density at radius 3 is 2.77 bits per heavy atom. The molecule has 0 aromatic heterocycles. The maximum absolute atomic E-state index is 11.1. The highest BCUT2D eigenvalue weighted by atomic mass is 16.2. The van der Waals surface area contributed by atoms with Gasteiger partial charge in [0.25, 0.3) is 5.91 Å². The van der Waals surface area contributed by atoms with E-state index in [0.29, 0.717) is 13.0 Å². The van der Waals surface area contributed by atoms with E-state index in [4.69, 9.17) is 0 Å². The minimum atomic E-state index is -0.693. The second-order valence-electron chi connectivity index (χ2n) is 3.02. The zero-order chi connectivity index (χ0) is 9.84. The van der Waals surface area contributed by atoms with E-state index in [0.717, 1.165) is 6.42 Å². The molecule has 1 unspecified atom stereocenters. The molecule has 1 atom stereocenters. The van der Waals surface area contributed by atoms with Crippen LogP contribution in [0.25, 0.3) is 0 Å². The van der Waals surface area contributed by atoms with Crippen LogP contribution in [0.15, 0.2) is 0 Å². The zero-order valence-corrected chi connectivity index (χ0v) is 7.42. The molecule has 0 bridgehead atoms. The lowest BCUT2D eigenvalue weighted by molar-refractivity contribution is -0.138. The Morgan fingerprint density at radius 1 is 1.54 bits per heavy atom. The molecule has 1 aliphatic heterocycles. The van der Waals surface area contributed by atoms with Crippen molar-refractivity contribution < 1.29 is 14.4 Å². The Hall–Kier alpha value is -1.39. The third-order valence-electron chi connectivity index (χ3n) is 1.91. The van der Waals surface area contributed by atoms with Crippen molar-refractivity contribution in [2.45, 2.75) is 25.8 Å². The van der Waals surface area contributed by atoms with Gasteiger partial charge in [-0.1, -0.05) is 0 Å². The molecule has 0 radical (unpaired) electrons. The summed E-state index contributed by atoms with van der Waals surface area (Å²) in [5.41, 5.74) is 0. The van der Waals surface area contributed by atoms with Crippen molar-refractivity contribution in [2.24, 2.45) is 0 Å². The smallest absolute Gasteiger partial charge is 0.287 e. The van der Waals surface area contributed by atoms with Crippen molar-refractivity contribution in [1.29, 1.82) is 0 Å². The van der Waals surface area contributed by atoms with Gasteiger partial charge in [-0.3, -0.25) is 14.4 Å². The molecule has 2 amide bonds. The van der Waals surface area contributed by atoms with E-state index < -0.39 is 17.7 Å². The molecule has 1 saturated heterocycles. The number of Topliss-reactive ketones (excluding diaryl/α,β-unsaturated/α-hetero) is 1. The molecule has 0 aromatic carbocycles. The minimum Gasteiger partial charge on any atom is -0.354 e. The number of rotatable bonds is 2. The summed E-state index contributed by atoms with van der Waals surface area (Å²) in [6, 6.07) is -0.537. The standard InChI is InChI=1S/C8H12N2O3/c1-5(11)7(12)10-6-3-2-4-9-8(6)13/h6H,2-4H2,1H3,(H,9,13)(H,10,12). The van der Waals surface area contributed by atoms with Crippen molar-refractivity contribution in [3.05, 3.63) is 0 Å². The first kappa shape index (κ1) is 9.70. The highest BCUT2D eigenvalue weighted by molar-refractivity contribution is 6.35. The lowest BCUT2D eigenvalue weighted by atomic mass is 10.1. The highest BCUT2D eigenvalue weighted by Gasteiger charge is 2.24. The predicted molar refractivity (Wildman–Crippen MR) is 44.9 cm³/mol. The van der Waals surface area contributed by atoms with Crippen LogP contribution in [0.3, 0.4) is 0 Å². The van der Waals surface area contributed by atoms with E-state index in [2.05, 4.69) is 10.6 Å². The Kier molecular flexibility index (Phi) is 3.00. The fourth-order valence-electron chi connectivity index (χ4n) is 1.17. The summed E-state index contributed by atoms with van der Waals surface area (Å²) in [5, 5.41) is 4.98. The van der Waals surface area contributed by atoms with Gasteiger partial charge in [-0.25, -0.2) is 0 Å². The van der Waals surface area contributed by atoms with Gasteiger partial charge in [0, 0.05) is 13.5 Å². The number of piperidine rings is 1. The molecular weight excluding hydrogens is 172 g/mol. The Labute approximate surface area is 75.9 Å². The predicted octanol–water partition coefficient (Wildman–Crippen LogP) is -1.03. The molecule has 1 aliphatic rings. The summed E-state index contributed by atoms with van der Waals surface area (Å²) in [6.07, 6.45) is 1.43. The van der Waals surface area contributed by atoms with E-state index in [1.807, 2.05) is 0 Å². The number of ketones is 1. The van der Waals surface area contributed by atoms with Crippen molar-refractivity contribution in [3.63, 3.8) is 0 Å². The van der Waals surface area contributed by atoms with Crippen LogP contribution in [0.2, 0.25) is 0 Å². The van der Waals surface area contributed by atoms with Crippen LogP contribution >= 0.6 is 0 Å². The van der Waals surface area contributed by atoms with Crippen LogP contribution in [0.4, 0.5) is 0 Å². The van der Waals surface area contributed by atoms with E-state index in [1.54, 1.807) is 0 Å². The van der Waals surface area contributed by atoms with Crippen LogP contribution in [0, 0.1) is 0 Å². The quantitative estimate of drug-likeness (QED) is 0.539. The third-order valence-corrected chi connectivity index (χ3v) is 1.91.